The maximum atomic E-state index is 8.19. The molecular formula is H2O3V. The van der Waals surface area contributed by atoms with Gasteiger partial charge < -0.3 is 0 Å². The summed E-state index contributed by atoms with van der Waals surface area (Å²) in [6.45, 7) is 0. The second-order valence-corrected chi connectivity index (χ2v) is 0. The molecule has 4 heavy (non-hydrogen) atoms. The Hall–Kier alpha value is 0.304. The minimum absolute atomic E-state index is 1.06. The summed E-state index contributed by atoms with van der Waals surface area (Å²) in [5.41, 5.74) is 0. The number of rotatable bonds is 0. The van der Waals surface area contributed by atoms with E-state index in [4.69, 9.17) is 14.2 Å². The van der Waals surface area contributed by atoms with E-state index in [2.05, 4.69) is 0 Å². The molecule has 0 atom stereocenters. The van der Waals surface area contributed by atoms with Crippen LogP contribution >= 0.6 is 0 Å². The van der Waals surface area contributed by atoms with E-state index in [0.29, 0.717) is 0 Å². The topological polar surface area (TPSA) is 57.5 Å². The molecule has 0 aliphatic heterocycles. The van der Waals surface area contributed by atoms with Crippen LogP contribution in [0.2, 0.25) is 0 Å². The van der Waals surface area contributed by atoms with Crippen LogP contribution in [0.5, 0.6) is 0 Å². The third kappa shape index (κ3) is 42.3. The van der Waals surface area contributed by atoms with E-state index < -0.39 is 0 Å². The summed E-state index contributed by atoms with van der Waals surface area (Å²) in [6.07, 6.45) is 0. The summed E-state index contributed by atoms with van der Waals surface area (Å²) in [7, 11) is 0. The Morgan fingerprint density at radius 2 is 1.25 bits per heavy atom. The van der Waals surface area contributed by atoms with Gasteiger partial charge in [-0.25, -0.2) is 0 Å². The van der Waals surface area contributed by atoms with Crippen molar-refractivity contribution in [2.45, 2.75) is 0 Å². The molecule has 0 aliphatic carbocycles. The average Bonchev–Trinajstić information content (AvgIpc) is 1.50. The van der Waals surface area contributed by atoms with Gasteiger partial charge in [0.2, 0.25) is 0 Å². The van der Waals surface area contributed by atoms with Gasteiger partial charge in [0.15, 0.2) is 0 Å². The molecule has 0 aromatic carbocycles. The molecule has 2 N–H and O–H groups in total. The van der Waals surface area contributed by atoms with Crippen LogP contribution in [0.25, 0.3) is 0 Å². The molecule has 0 saturated carbocycles. The van der Waals surface area contributed by atoms with Crippen molar-refractivity contribution in [2.24, 2.45) is 0 Å². The van der Waals surface area contributed by atoms with Gasteiger partial charge in [-0.05, 0) is 0 Å². The Labute approximate surface area is 32.4 Å². The van der Waals surface area contributed by atoms with Crippen LogP contribution in [-0.2, 0) is 21.0 Å². The van der Waals surface area contributed by atoms with Crippen molar-refractivity contribution in [3.8, 4) is 0 Å². The quantitative estimate of drug-likeness (QED) is 0.330. The van der Waals surface area contributed by atoms with E-state index in [1.54, 1.807) is 0 Å². The fraction of sp³-hybridized carbons (Fsp3) is 0. The van der Waals surface area contributed by atoms with Crippen LogP contribution in [0.3, 0.4) is 0 Å². The normalized spacial score (nSPS) is 2.25. The molecule has 4 heteroatoms. The zero-order valence-electron chi connectivity index (χ0n) is 1.75. The van der Waals surface area contributed by atoms with Crippen molar-refractivity contribution in [3.63, 3.8) is 0 Å². The summed E-state index contributed by atoms with van der Waals surface area (Å²) >= 11 is 1.06. The molecule has 0 saturated heterocycles. The molecule has 0 aromatic heterocycles. The Kier molecular flexibility index (Phi) is 419. The van der Waals surface area contributed by atoms with Gasteiger partial charge in [0.1, 0.15) is 0 Å². The molecular weight excluding hydrogens is 98.9 g/mol. The molecule has 0 unspecified atom stereocenters. The first-order chi connectivity index (χ1) is 2.00. The molecule has 0 fully saturated rings. The Balaban J connectivity index is 0. The van der Waals surface area contributed by atoms with Crippen molar-refractivity contribution in [1.82, 2.24) is 0 Å². The molecule has 0 aliphatic rings. The van der Waals surface area contributed by atoms with E-state index in [0.717, 1.165) is 17.4 Å². The van der Waals surface area contributed by atoms with Crippen LogP contribution in [0.15, 0.2) is 0 Å². The molecule has 0 rings (SSSR count). The molecule has 0 radical (unpaired) electrons. The van der Waals surface area contributed by atoms with E-state index in [1.807, 2.05) is 0 Å². The second-order valence-electron chi connectivity index (χ2n) is 0. The van der Waals surface area contributed by atoms with Crippen molar-refractivity contribution in [2.75, 3.05) is 0 Å². The Bertz CT molecular complexity index is 3.25. The van der Waals surface area contributed by atoms with Crippen molar-refractivity contribution < 1.29 is 31.6 Å². The van der Waals surface area contributed by atoms with E-state index in [1.165, 1.54) is 0 Å². The van der Waals surface area contributed by atoms with Crippen LogP contribution in [0.1, 0.15) is 0 Å². The molecule has 25 valence electrons. The average molecular weight is 101 g/mol. The molecule has 0 amide bonds. The van der Waals surface area contributed by atoms with Crippen LogP contribution < -0.4 is 0 Å². The van der Waals surface area contributed by atoms with E-state index >= 15 is 0 Å². The zero-order chi connectivity index (χ0) is 4.00. The Morgan fingerprint density at radius 3 is 1.25 bits per heavy atom. The Morgan fingerprint density at radius 1 is 1.25 bits per heavy atom. The van der Waals surface area contributed by atoms with Gasteiger partial charge >= 0.3 is 21.0 Å². The van der Waals surface area contributed by atoms with Gasteiger partial charge in [0, 0.05) is 0 Å². The van der Waals surface area contributed by atoms with Gasteiger partial charge in [-0.15, -0.1) is 0 Å². The van der Waals surface area contributed by atoms with Crippen LogP contribution in [0.4, 0.5) is 0 Å². The zero-order valence-corrected chi connectivity index (χ0v) is 3.15. The standard InChI is InChI=1S/H2O2.O.V/c1-2;;/h1-2H;;. The first-order valence-corrected chi connectivity index (χ1v) is 0.953. The fourth-order valence-electron chi connectivity index (χ4n) is 0. The summed E-state index contributed by atoms with van der Waals surface area (Å²) in [5, 5.41) is 12.0. The van der Waals surface area contributed by atoms with Crippen molar-refractivity contribution >= 4 is 0 Å². The number of hydrogen-bond donors (Lipinski definition) is 2. The van der Waals surface area contributed by atoms with Crippen LogP contribution in [-0.4, -0.2) is 10.5 Å². The third-order valence-electron chi connectivity index (χ3n) is 0. The predicted molar refractivity (Wildman–Crippen MR) is 5.94 cm³/mol. The molecule has 0 bridgehead atoms. The van der Waals surface area contributed by atoms with E-state index in [-0.39, 0.29) is 0 Å². The minimum atomic E-state index is 1.06. The molecule has 0 heterocycles. The van der Waals surface area contributed by atoms with Gasteiger partial charge in [0.05, 0.1) is 0 Å². The molecule has 3 nitrogen and oxygen atoms in total. The monoisotopic (exact) mass is 101 g/mol. The van der Waals surface area contributed by atoms with Crippen molar-refractivity contribution in [3.05, 3.63) is 0 Å². The molecule has 0 spiro atoms. The van der Waals surface area contributed by atoms with Gasteiger partial charge in [0.25, 0.3) is 0 Å². The second kappa shape index (κ2) is 189. The van der Waals surface area contributed by atoms with Gasteiger partial charge in [-0.3, -0.25) is 10.5 Å². The SMILES string of the molecule is OO.[O]=[V]. The number of hydrogen-bond acceptors (Lipinski definition) is 3. The van der Waals surface area contributed by atoms with Crippen LogP contribution in [0, 0.1) is 0 Å². The van der Waals surface area contributed by atoms with E-state index in [9.17, 15) is 0 Å². The summed E-state index contributed by atoms with van der Waals surface area (Å²) in [5.74, 6) is 0. The third-order valence-corrected chi connectivity index (χ3v) is 0. The van der Waals surface area contributed by atoms with Gasteiger partial charge in [-0.2, -0.15) is 0 Å². The van der Waals surface area contributed by atoms with Gasteiger partial charge in [-0.1, -0.05) is 0 Å². The fourth-order valence-corrected chi connectivity index (χ4v) is 0. The molecule has 0 aromatic rings. The summed E-state index contributed by atoms with van der Waals surface area (Å²) in [4.78, 5) is 0. The van der Waals surface area contributed by atoms with Crippen molar-refractivity contribution in [1.29, 1.82) is 0 Å². The predicted octanol–water partition coefficient (Wildman–Crippen LogP) is -0.104. The first kappa shape index (κ1) is 8.85. The summed E-state index contributed by atoms with van der Waals surface area (Å²) in [6, 6.07) is 0. The first-order valence-electron chi connectivity index (χ1n) is 0.383. The maximum absolute atomic E-state index is 8.19. The summed E-state index contributed by atoms with van der Waals surface area (Å²) < 4.78 is 8.19.